The van der Waals surface area contributed by atoms with Gasteiger partial charge in [-0.3, -0.25) is 4.79 Å². The molecule has 3 heteroatoms. The molecule has 0 spiro atoms. The molecule has 88 valence electrons. The van der Waals surface area contributed by atoms with Crippen LogP contribution in [-0.2, 0) is 11.2 Å². The average molecular weight is 222 g/mol. The van der Waals surface area contributed by atoms with Crippen LogP contribution in [0.15, 0.2) is 24.3 Å². The lowest BCUT2D eigenvalue weighted by atomic mass is 9.97. The van der Waals surface area contributed by atoms with Crippen LogP contribution in [0.1, 0.15) is 32.3 Å². The van der Waals surface area contributed by atoms with E-state index >= 15 is 0 Å². The largest absolute Gasteiger partial charge is 0.508 e. The molecule has 0 heterocycles. The van der Waals surface area contributed by atoms with Crippen LogP contribution >= 0.6 is 0 Å². The highest BCUT2D eigenvalue weighted by Crippen LogP contribution is 2.13. The molecule has 0 radical (unpaired) electrons. The van der Waals surface area contributed by atoms with E-state index in [-0.39, 0.29) is 11.5 Å². The molecule has 0 aromatic heterocycles. The van der Waals surface area contributed by atoms with Crippen molar-refractivity contribution in [2.75, 3.05) is 0 Å². The Morgan fingerprint density at radius 1 is 1.25 bits per heavy atom. The molecular weight excluding hydrogens is 204 g/mol. The highest BCUT2D eigenvalue weighted by atomic mass is 16.3. The molecule has 16 heavy (non-hydrogen) atoms. The molecule has 0 unspecified atom stereocenters. The number of phenols is 1. The summed E-state index contributed by atoms with van der Waals surface area (Å²) in [5.41, 5.74) is -0.143. The Balaban J connectivity index is 2.36. The van der Waals surface area contributed by atoms with Crippen LogP contribution in [0.4, 0.5) is 0 Å². The topological polar surface area (TPSA) is 57.5 Å². The van der Waals surface area contributed by atoms with Crippen LogP contribution in [0.25, 0.3) is 0 Å². The maximum absolute atomic E-state index is 11.4. The van der Waals surface area contributed by atoms with Crippen LogP contribution in [0.2, 0.25) is 0 Å². The van der Waals surface area contributed by atoms with Crippen molar-refractivity contribution >= 4 is 5.78 Å². The molecular formula is C13H18O3. The molecule has 0 fully saturated rings. The number of hydrogen-bond donors (Lipinski definition) is 2. The first-order valence-corrected chi connectivity index (χ1v) is 5.43. The highest BCUT2D eigenvalue weighted by molar-refractivity contribution is 5.86. The summed E-state index contributed by atoms with van der Waals surface area (Å²) in [6.07, 6.45) is 1.88. The van der Waals surface area contributed by atoms with Crippen LogP contribution in [0, 0.1) is 0 Å². The van der Waals surface area contributed by atoms with Gasteiger partial charge < -0.3 is 10.2 Å². The van der Waals surface area contributed by atoms with E-state index in [1.807, 2.05) is 12.1 Å². The van der Waals surface area contributed by atoms with Gasteiger partial charge in [0.15, 0.2) is 5.78 Å². The number of phenolic OH excluding ortho intramolecular Hbond substituents is 1. The number of benzene rings is 1. The third-order valence-corrected chi connectivity index (χ3v) is 2.49. The molecule has 0 atom stereocenters. The molecule has 0 aliphatic heterocycles. The smallest absolute Gasteiger partial charge is 0.163 e. The average Bonchev–Trinajstić information content (AvgIpc) is 2.19. The summed E-state index contributed by atoms with van der Waals surface area (Å²) in [6.45, 7) is 3.02. The Kier molecular flexibility index (Phi) is 4.07. The SMILES string of the molecule is CC(C)(O)C(=O)CCCc1ccc(O)cc1. The zero-order valence-corrected chi connectivity index (χ0v) is 9.73. The summed E-state index contributed by atoms with van der Waals surface area (Å²) in [4.78, 5) is 11.4. The quantitative estimate of drug-likeness (QED) is 0.801. The van der Waals surface area contributed by atoms with Gasteiger partial charge in [-0.1, -0.05) is 12.1 Å². The van der Waals surface area contributed by atoms with Gasteiger partial charge in [0, 0.05) is 6.42 Å². The van der Waals surface area contributed by atoms with Gasteiger partial charge in [0.25, 0.3) is 0 Å². The predicted octanol–water partition coefficient (Wildman–Crippen LogP) is 2.05. The number of rotatable bonds is 5. The van der Waals surface area contributed by atoms with Gasteiger partial charge in [0.05, 0.1) is 0 Å². The van der Waals surface area contributed by atoms with Gasteiger partial charge in [-0.15, -0.1) is 0 Å². The van der Waals surface area contributed by atoms with Crippen molar-refractivity contribution in [1.29, 1.82) is 0 Å². The number of carbonyl (C=O) groups excluding carboxylic acids is 1. The van der Waals surface area contributed by atoms with Crippen LogP contribution in [0.5, 0.6) is 5.75 Å². The van der Waals surface area contributed by atoms with Gasteiger partial charge in [0.2, 0.25) is 0 Å². The Bertz CT molecular complexity index is 346. The minimum absolute atomic E-state index is 0.133. The van der Waals surface area contributed by atoms with E-state index in [0.717, 1.165) is 12.0 Å². The minimum Gasteiger partial charge on any atom is -0.508 e. The van der Waals surface area contributed by atoms with Crippen molar-refractivity contribution < 1.29 is 15.0 Å². The van der Waals surface area contributed by atoms with Crippen LogP contribution in [-0.4, -0.2) is 21.6 Å². The molecule has 3 nitrogen and oxygen atoms in total. The van der Waals surface area contributed by atoms with E-state index < -0.39 is 5.60 Å². The van der Waals surface area contributed by atoms with Gasteiger partial charge >= 0.3 is 0 Å². The van der Waals surface area contributed by atoms with E-state index in [0.29, 0.717) is 12.8 Å². The molecule has 0 amide bonds. The summed E-state index contributed by atoms with van der Waals surface area (Å²) >= 11 is 0. The van der Waals surface area contributed by atoms with E-state index in [2.05, 4.69) is 0 Å². The molecule has 0 aliphatic rings. The zero-order valence-electron chi connectivity index (χ0n) is 9.73. The van der Waals surface area contributed by atoms with Gasteiger partial charge in [-0.2, -0.15) is 0 Å². The fourth-order valence-corrected chi connectivity index (χ4v) is 1.42. The molecule has 0 aliphatic carbocycles. The monoisotopic (exact) mass is 222 g/mol. The summed E-state index contributed by atoms with van der Waals surface area (Å²) in [5.74, 6) is 0.114. The number of Topliss-reactive ketones (excluding diaryl/α,β-unsaturated/α-hetero) is 1. The summed E-state index contributed by atoms with van der Waals surface area (Å²) in [6, 6.07) is 6.94. The van der Waals surface area contributed by atoms with Crippen LogP contribution in [0.3, 0.4) is 0 Å². The second-order valence-electron chi connectivity index (χ2n) is 4.50. The summed E-state index contributed by atoms with van der Waals surface area (Å²) < 4.78 is 0. The summed E-state index contributed by atoms with van der Waals surface area (Å²) in [5, 5.41) is 18.5. The maximum Gasteiger partial charge on any atom is 0.163 e. The van der Waals surface area contributed by atoms with Gasteiger partial charge in [-0.25, -0.2) is 0 Å². The molecule has 0 saturated carbocycles. The normalized spacial score (nSPS) is 11.4. The second kappa shape index (κ2) is 5.12. The predicted molar refractivity (Wildman–Crippen MR) is 62.3 cm³/mol. The first-order chi connectivity index (χ1) is 7.39. The summed E-state index contributed by atoms with van der Waals surface area (Å²) in [7, 11) is 0. The number of ketones is 1. The Labute approximate surface area is 95.7 Å². The molecule has 1 aromatic carbocycles. The van der Waals surface area contributed by atoms with E-state index in [9.17, 15) is 9.90 Å². The Morgan fingerprint density at radius 3 is 2.31 bits per heavy atom. The lowest BCUT2D eigenvalue weighted by molar-refractivity contribution is -0.134. The van der Waals surface area contributed by atoms with Crippen LogP contribution < -0.4 is 0 Å². The standard InChI is InChI=1S/C13H18O3/c1-13(2,16)12(15)5-3-4-10-6-8-11(14)9-7-10/h6-9,14,16H,3-5H2,1-2H3. The third kappa shape index (κ3) is 4.03. The fraction of sp³-hybridized carbons (Fsp3) is 0.462. The molecule has 1 aromatic rings. The van der Waals surface area contributed by atoms with Crippen molar-refractivity contribution in [2.45, 2.75) is 38.7 Å². The minimum atomic E-state index is -1.23. The fourth-order valence-electron chi connectivity index (χ4n) is 1.42. The van der Waals surface area contributed by atoms with Crippen molar-refractivity contribution in [2.24, 2.45) is 0 Å². The Hall–Kier alpha value is -1.35. The maximum atomic E-state index is 11.4. The number of aromatic hydroxyl groups is 1. The number of aryl methyl sites for hydroxylation is 1. The lowest BCUT2D eigenvalue weighted by Gasteiger charge is -2.14. The molecule has 1 rings (SSSR count). The van der Waals surface area contributed by atoms with Gasteiger partial charge in [-0.05, 0) is 44.4 Å². The van der Waals surface area contributed by atoms with Crippen molar-refractivity contribution in [1.82, 2.24) is 0 Å². The van der Waals surface area contributed by atoms with E-state index in [1.54, 1.807) is 12.1 Å². The first kappa shape index (κ1) is 12.7. The van der Waals surface area contributed by atoms with Crippen molar-refractivity contribution in [3.8, 4) is 5.75 Å². The second-order valence-corrected chi connectivity index (χ2v) is 4.50. The molecule has 2 N–H and O–H groups in total. The first-order valence-electron chi connectivity index (χ1n) is 5.43. The number of carbonyl (C=O) groups is 1. The Morgan fingerprint density at radius 2 is 1.81 bits per heavy atom. The molecule has 0 saturated heterocycles. The van der Waals surface area contributed by atoms with Crippen molar-refractivity contribution in [3.05, 3.63) is 29.8 Å². The van der Waals surface area contributed by atoms with Crippen molar-refractivity contribution in [3.63, 3.8) is 0 Å². The zero-order chi connectivity index (χ0) is 12.2. The van der Waals surface area contributed by atoms with Gasteiger partial charge in [0.1, 0.15) is 11.4 Å². The van der Waals surface area contributed by atoms with E-state index in [1.165, 1.54) is 13.8 Å². The third-order valence-electron chi connectivity index (χ3n) is 2.49. The number of aliphatic hydroxyl groups is 1. The number of hydrogen-bond acceptors (Lipinski definition) is 3. The lowest BCUT2D eigenvalue weighted by Crippen LogP contribution is -2.30. The van der Waals surface area contributed by atoms with E-state index in [4.69, 9.17) is 5.11 Å². The molecule has 0 bridgehead atoms. The highest BCUT2D eigenvalue weighted by Gasteiger charge is 2.22.